The van der Waals surface area contributed by atoms with Gasteiger partial charge in [0, 0.05) is 11.9 Å². The van der Waals surface area contributed by atoms with Crippen LogP contribution >= 0.6 is 11.3 Å². The summed E-state index contributed by atoms with van der Waals surface area (Å²) in [5.74, 6) is -1.23. The third-order valence-electron chi connectivity index (χ3n) is 4.38. The zero-order valence-electron chi connectivity index (χ0n) is 17.5. The highest BCUT2D eigenvalue weighted by atomic mass is 32.2. The molecule has 168 valence electrons. The minimum Gasteiger partial charge on any atom is -0.461 e. The summed E-state index contributed by atoms with van der Waals surface area (Å²) < 4.78 is 38.2. The number of carbonyl (C=O) groups excluding carboxylic acids is 2. The predicted molar refractivity (Wildman–Crippen MR) is 119 cm³/mol. The molecule has 1 heterocycles. The molecule has 32 heavy (non-hydrogen) atoms. The second kappa shape index (κ2) is 10.5. The lowest BCUT2D eigenvalue weighted by atomic mass is 10.1. The number of aromatic nitrogens is 1. The monoisotopic (exact) mass is 474 g/mol. The fourth-order valence-electron chi connectivity index (χ4n) is 2.75. The van der Waals surface area contributed by atoms with Gasteiger partial charge in [-0.2, -0.15) is 0 Å². The number of thiazole rings is 1. The molecule has 0 radical (unpaired) electrons. The first-order valence-electron chi connectivity index (χ1n) is 9.73. The molecule has 3 aromatic rings. The molecule has 0 bridgehead atoms. The highest BCUT2D eigenvalue weighted by Crippen LogP contribution is 2.19. The molecule has 0 fully saturated rings. The quantitative estimate of drug-likeness (QED) is 0.473. The summed E-state index contributed by atoms with van der Waals surface area (Å²) in [5, 5.41) is 1.77. The van der Waals surface area contributed by atoms with E-state index in [1.54, 1.807) is 25.3 Å². The van der Waals surface area contributed by atoms with Gasteiger partial charge in [-0.15, -0.1) is 11.3 Å². The van der Waals surface area contributed by atoms with E-state index in [1.807, 2.05) is 30.3 Å². The molecule has 0 saturated carbocycles. The second-order valence-corrected chi connectivity index (χ2v) is 9.32. The summed E-state index contributed by atoms with van der Waals surface area (Å²) in [7, 11) is -3.84. The summed E-state index contributed by atoms with van der Waals surface area (Å²) in [6.07, 6.45) is 0. The van der Waals surface area contributed by atoms with Gasteiger partial charge in [0.2, 0.25) is 15.0 Å². The number of rotatable bonds is 9. The van der Waals surface area contributed by atoms with Crippen LogP contribution in [-0.4, -0.2) is 31.9 Å². The van der Waals surface area contributed by atoms with Crippen LogP contribution in [0.4, 0.5) is 0 Å². The number of ether oxygens (including phenoxy) is 2. The van der Waals surface area contributed by atoms with Crippen molar-refractivity contribution in [1.82, 2.24) is 9.71 Å². The van der Waals surface area contributed by atoms with Gasteiger partial charge in [0.25, 0.3) is 0 Å². The lowest BCUT2D eigenvalue weighted by Crippen LogP contribution is -2.24. The number of nitrogens with one attached hydrogen (secondary N) is 1. The van der Waals surface area contributed by atoms with Gasteiger partial charge in [-0.25, -0.2) is 27.7 Å². The standard InChI is InChI=1S/C22H22N2O6S2/c1-3-29-22(26)20-24-18(14-31-20)13-30-21(25)17-10-9-15(2)19(11-17)32(27,28)23-12-16-7-5-4-6-8-16/h4-11,14,23H,3,12-13H2,1-2H3. The summed E-state index contributed by atoms with van der Waals surface area (Å²) in [6, 6.07) is 13.5. The molecular formula is C22H22N2O6S2. The second-order valence-electron chi connectivity index (χ2n) is 6.73. The lowest BCUT2D eigenvalue weighted by molar-refractivity contribution is 0.0468. The van der Waals surface area contributed by atoms with E-state index in [2.05, 4.69) is 9.71 Å². The number of benzene rings is 2. The summed E-state index contributed by atoms with van der Waals surface area (Å²) in [5.41, 5.74) is 1.81. The normalized spacial score (nSPS) is 11.2. The zero-order valence-corrected chi connectivity index (χ0v) is 19.2. The Bertz CT molecular complexity index is 1210. The van der Waals surface area contributed by atoms with E-state index in [0.29, 0.717) is 11.3 Å². The van der Waals surface area contributed by atoms with Crippen LogP contribution in [0.5, 0.6) is 0 Å². The lowest BCUT2D eigenvalue weighted by Gasteiger charge is -2.11. The van der Waals surface area contributed by atoms with E-state index in [9.17, 15) is 18.0 Å². The number of hydrogen-bond acceptors (Lipinski definition) is 8. The molecule has 0 unspecified atom stereocenters. The van der Waals surface area contributed by atoms with E-state index < -0.39 is 22.0 Å². The van der Waals surface area contributed by atoms with Gasteiger partial charge in [-0.3, -0.25) is 0 Å². The van der Waals surface area contributed by atoms with Crippen LogP contribution in [0.1, 0.15) is 43.9 Å². The average molecular weight is 475 g/mol. The first-order chi connectivity index (χ1) is 15.3. The van der Waals surface area contributed by atoms with Crippen LogP contribution in [-0.2, 0) is 32.6 Å². The van der Waals surface area contributed by atoms with Crippen LogP contribution in [0.15, 0.2) is 58.8 Å². The molecule has 0 amide bonds. The Morgan fingerprint density at radius 2 is 1.81 bits per heavy atom. The number of carbonyl (C=O) groups is 2. The number of esters is 2. The van der Waals surface area contributed by atoms with E-state index in [-0.39, 0.29) is 35.2 Å². The smallest absolute Gasteiger partial charge is 0.367 e. The first-order valence-corrected chi connectivity index (χ1v) is 12.1. The molecule has 1 N–H and O–H groups in total. The molecule has 0 aliphatic heterocycles. The van der Waals surface area contributed by atoms with Crippen molar-refractivity contribution in [2.45, 2.75) is 31.9 Å². The highest BCUT2D eigenvalue weighted by molar-refractivity contribution is 7.89. The van der Waals surface area contributed by atoms with Crippen LogP contribution in [0, 0.1) is 6.92 Å². The van der Waals surface area contributed by atoms with Crippen molar-refractivity contribution in [3.05, 3.63) is 81.3 Å². The van der Waals surface area contributed by atoms with E-state index >= 15 is 0 Å². The summed E-state index contributed by atoms with van der Waals surface area (Å²) in [4.78, 5) is 28.2. The SMILES string of the molecule is CCOC(=O)c1nc(COC(=O)c2ccc(C)c(S(=O)(=O)NCc3ccccc3)c2)cs1. The van der Waals surface area contributed by atoms with Gasteiger partial charge in [-0.1, -0.05) is 36.4 Å². The minimum atomic E-state index is -3.84. The molecular weight excluding hydrogens is 452 g/mol. The average Bonchev–Trinajstić information content (AvgIpc) is 3.26. The van der Waals surface area contributed by atoms with Gasteiger partial charge in [0.05, 0.1) is 22.8 Å². The molecule has 10 heteroatoms. The zero-order chi connectivity index (χ0) is 23.1. The van der Waals surface area contributed by atoms with Gasteiger partial charge in [0.15, 0.2) is 0 Å². The molecule has 0 atom stereocenters. The maximum absolute atomic E-state index is 12.8. The third-order valence-corrected chi connectivity index (χ3v) is 6.79. The Kier molecular flexibility index (Phi) is 7.73. The third kappa shape index (κ3) is 6.00. The van der Waals surface area contributed by atoms with Crippen molar-refractivity contribution in [3.8, 4) is 0 Å². The molecule has 2 aromatic carbocycles. The highest BCUT2D eigenvalue weighted by Gasteiger charge is 2.20. The van der Waals surface area contributed by atoms with E-state index in [4.69, 9.17) is 9.47 Å². The number of aryl methyl sites for hydroxylation is 1. The summed E-state index contributed by atoms with van der Waals surface area (Å²) in [6.45, 7) is 3.56. The Morgan fingerprint density at radius 1 is 1.06 bits per heavy atom. The van der Waals surface area contributed by atoms with Gasteiger partial charge in [0.1, 0.15) is 6.61 Å². The van der Waals surface area contributed by atoms with Gasteiger partial charge in [-0.05, 0) is 37.1 Å². The van der Waals surface area contributed by atoms with Crippen molar-refractivity contribution < 1.29 is 27.5 Å². The van der Waals surface area contributed by atoms with Crippen LogP contribution in [0.3, 0.4) is 0 Å². The Balaban J connectivity index is 1.68. The van der Waals surface area contributed by atoms with Crippen molar-refractivity contribution in [1.29, 1.82) is 0 Å². The molecule has 0 aliphatic rings. The molecule has 1 aromatic heterocycles. The molecule has 0 spiro atoms. The Morgan fingerprint density at radius 3 is 2.53 bits per heavy atom. The Hall–Kier alpha value is -3.08. The maximum Gasteiger partial charge on any atom is 0.367 e. The number of hydrogen-bond donors (Lipinski definition) is 1. The topological polar surface area (TPSA) is 112 Å². The predicted octanol–water partition coefficient (Wildman–Crippen LogP) is 3.46. The Labute approximate surface area is 190 Å². The largest absolute Gasteiger partial charge is 0.461 e. The molecule has 8 nitrogen and oxygen atoms in total. The van der Waals surface area contributed by atoms with E-state index in [0.717, 1.165) is 16.9 Å². The molecule has 3 rings (SSSR count). The van der Waals surface area contributed by atoms with Crippen molar-refractivity contribution in [2.24, 2.45) is 0 Å². The van der Waals surface area contributed by atoms with E-state index in [1.165, 1.54) is 12.1 Å². The first kappa shape index (κ1) is 23.6. The molecule has 0 aliphatic carbocycles. The number of nitrogens with zero attached hydrogens (tertiary/aromatic N) is 1. The van der Waals surface area contributed by atoms with Crippen LogP contribution < -0.4 is 4.72 Å². The summed E-state index contributed by atoms with van der Waals surface area (Å²) >= 11 is 1.09. The number of sulfonamides is 1. The fraction of sp³-hybridized carbons (Fsp3) is 0.227. The minimum absolute atomic E-state index is 0.00105. The van der Waals surface area contributed by atoms with Gasteiger partial charge < -0.3 is 9.47 Å². The molecule has 0 saturated heterocycles. The maximum atomic E-state index is 12.8. The van der Waals surface area contributed by atoms with Crippen molar-refractivity contribution in [2.75, 3.05) is 6.61 Å². The fourth-order valence-corrected chi connectivity index (χ4v) is 4.73. The van der Waals surface area contributed by atoms with Crippen molar-refractivity contribution in [3.63, 3.8) is 0 Å². The van der Waals surface area contributed by atoms with Crippen LogP contribution in [0.2, 0.25) is 0 Å². The van der Waals surface area contributed by atoms with Crippen LogP contribution in [0.25, 0.3) is 0 Å². The van der Waals surface area contributed by atoms with Crippen molar-refractivity contribution >= 4 is 33.3 Å². The van der Waals surface area contributed by atoms with Gasteiger partial charge >= 0.3 is 11.9 Å².